The molecule has 13 heteroatoms. The molecule has 0 saturated heterocycles. The van der Waals surface area contributed by atoms with E-state index in [2.05, 4.69) is 31.0 Å². The van der Waals surface area contributed by atoms with E-state index in [4.69, 9.17) is 4.42 Å². The number of halogens is 1. The van der Waals surface area contributed by atoms with Crippen molar-refractivity contribution in [3.05, 3.63) is 63.8 Å². The van der Waals surface area contributed by atoms with Gasteiger partial charge in [-0.2, -0.15) is 5.10 Å². The Hall–Kier alpha value is -4.55. The maximum absolute atomic E-state index is 14.3. The molecule has 12 nitrogen and oxygen atoms in total. The van der Waals surface area contributed by atoms with Gasteiger partial charge in [0.25, 0.3) is 11.8 Å². The highest BCUT2D eigenvalue weighted by Crippen LogP contribution is 2.18. The van der Waals surface area contributed by atoms with Crippen LogP contribution in [-0.2, 0) is 11.3 Å². The van der Waals surface area contributed by atoms with Gasteiger partial charge in [0.05, 0.1) is 11.7 Å². The molecule has 5 rings (SSSR count). The van der Waals surface area contributed by atoms with E-state index in [9.17, 15) is 23.6 Å². The Kier molecular flexibility index (Phi) is 5.96. The number of aromatic nitrogens is 4. The van der Waals surface area contributed by atoms with E-state index in [0.717, 1.165) is 30.0 Å². The van der Waals surface area contributed by atoms with Crippen LogP contribution in [0.2, 0.25) is 0 Å². The molecular formula is C23H22FN7O5. The lowest BCUT2D eigenvalue weighted by Crippen LogP contribution is -2.50. The molecule has 3 aromatic heterocycles. The summed E-state index contributed by atoms with van der Waals surface area (Å²) in [6, 6.07) is 5.32. The summed E-state index contributed by atoms with van der Waals surface area (Å²) >= 11 is 0. The molecule has 1 aliphatic rings. The second kappa shape index (κ2) is 9.24. The van der Waals surface area contributed by atoms with Crippen molar-refractivity contribution in [3.8, 4) is 0 Å². The molecule has 4 aromatic rings. The number of hydrogen-bond donors (Lipinski definition) is 4. The highest BCUT2D eigenvalue weighted by atomic mass is 19.1. The van der Waals surface area contributed by atoms with Crippen LogP contribution in [0.25, 0.3) is 16.7 Å². The second-order valence-corrected chi connectivity index (χ2v) is 8.61. The third kappa shape index (κ3) is 4.54. The molecule has 0 unspecified atom stereocenters. The van der Waals surface area contributed by atoms with Gasteiger partial charge in [-0.15, -0.1) is 0 Å². The number of nitrogens with zero attached hydrogens (tertiary/aromatic N) is 3. The van der Waals surface area contributed by atoms with Crippen LogP contribution in [0.1, 0.15) is 52.7 Å². The normalized spacial score (nSPS) is 14.4. The number of H-pyrrole nitrogens is 1. The molecular weight excluding hydrogens is 473 g/mol. The minimum atomic E-state index is -0.858. The number of oxazole rings is 1. The summed E-state index contributed by atoms with van der Waals surface area (Å²) < 4.78 is 20.2. The molecule has 186 valence electrons. The number of benzene rings is 1. The summed E-state index contributed by atoms with van der Waals surface area (Å²) in [6.45, 7) is 1.60. The lowest BCUT2D eigenvalue weighted by molar-refractivity contribution is -0.123. The van der Waals surface area contributed by atoms with E-state index in [1.807, 2.05) is 0 Å². The van der Waals surface area contributed by atoms with Gasteiger partial charge in [0, 0.05) is 18.7 Å². The molecule has 3 amide bonds. The average Bonchev–Trinajstić information content (AvgIpc) is 3.39. The van der Waals surface area contributed by atoms with Gasteiger partial charge in [-0.1, -0.05) is 6.07 Å². The van der Waals surface area contributed by atoms with Crippen LogP contribution in [0.5, 0.6) is 0 Å². The molecule has 1 atom stereocenters. The minimum absolute atomic E-state index is 0.0660. The van der Waals surface area contributed by atoms with E-state index in [1.54, 1.807) is 18.2 Å². The fraction of sp³-hybridized carbons (Fsp3) is 0.304. The van der Waals surface area contributed by atoms with E-state index in [1.165, 1.54) is 13.0 Å². The molecule has 3 heterocycles. The van der Waals surface area contributed by atoms with Gasteiger partial charge in [-0.25, -0.2) is 18.7 Å². The Morgan fingerprint density at radius 3 is 2.81 bits per heavy atom. The lowest BCUT2D eigenvalue weighted by Gasteiger charge is -2.28. The molecule has 0 bridgehead atoms. The first-order chi connectivity index (χ1) is 17.3. The van der Waals surface area contributed by atoms with Gasteiger partial charge in [0.2, 0.25) is 5.91 Å². The van der Waals surface area contributed by atoms with Gasteiger partial charge >= 0.3 is 5.76 Å². The molecule has 1 aromatic carbocycles. The van der Waals surface area contributed by atoms with Crippen molar-refractivity contribution < 1.29 is 23.2 Å². The smallest absolute Gasteiger partial charge is 0.408 e. The Bertz CT molecular complexity index is 1550. The number of nitrogens with one attached hydrogen (secondary N) is 4. The highest BCUT2D eigenvalue weighted by Gasteiger charge is 2.25. The summed E-state index contributed by atoms with van der Waals surface area (Å²) in [5.74, 6) is -3.12. The summed E-state index contributed by atoms with van der Waals surface area (Å²) in [5, 5.41) is 11.9. The maximum Gasteiger partial charge on any atom is 0.417 e. The molecule has 1 aliphatic carbocycles. The van der Waals surface area contributed by atoms with Crippen LogP contribution in [0, 0.1) is 5.82 Å². The number of aromatic amines is 1. The standard InChI is InChI=1S/C23H22FN7O5/c1-11(20(32)28-13-3-2-4-13)27-22(34)17-8-16(29-19-14(24)10-26-31(17)19)21(33)25-9-12-5-6-18-15(7-12)30-23(35)36-18/h5-8,10-11,13H,2-4,9H2,1H3,(H,25,33)(H,27,34)(H,28,32)(H,30,35)/t11-/m0/s1. The van der Waals surface area contributed by atoms with Gasteiger partial charge in [0.1, 0.15) is 17.4 Å². The maximum atomic E-state index is 14.3. The summed E-state index contributed by atoms with van der Waals surface area (Å²) in [5.41, 5.74) is 0.836. The van der Waals surface area contributed by atoms with E-state index >= 15 is 0 Å². The summed E-state index contributed by atoms with van der Waals surface area (Å²) in [7, 11) is 0. The fourth-order valence-electron chi connectivity index (χ4n) is 3.81. The topological polar surface area (TPSA) is 163 Å². The first-order valence-electron chi connectivity index (χ1n) is 11.3. The summed E-state index contributed by atoms with van der Waals surface area (Å²) in [4.78, 5) is 56.0. The number of hydrogen-bond acceptors (Lipinski definition) is 7. The average molecular weight is 495 g/mol. The lowest BCUT2D eigenvalue weighted by atomic mass is 9.93. The van der Waals surface area contributed by atoms with E-state index in [0.29, 0.717) is 16.7 Å². The first-order valence-corrected chi connectivity index (χ1v) is 11.3. The molecule has 0 radical (unpaired) electrons. The fourth-order valence-corrected chi connectivity index (χ4v) is 3.81. The number of fused-ring (bicyclic) bond motifs is 2. The third-order valence-corrected chi connectivity index (χ3v) is 6.02. The zero-order valence-corrected chi connectivity index (χ0v) is 19.1. The molecule has 36 heavy (non-hydrogen) atoms. The van der Waals surface area contributed by atoms with Gasteiger partial charge in [0.15, 0.2) is 17.0 Å². The monoisotopic (exact) mass is 495 g/mol. The Balaban J connectivity index is 1.34. The Labute approximate surface area is 202 Å². The van der Waals surface area contributed by atoms with Crippen molar-refractivity contribution in [2.24, 2.45) is 0 Å². The summed E-state index contributed by atoms with van der Waals surface area (Å²) in [6.07, 6.45) is 3.73. The first kappa shape index (κ1) is 23.2. The molecule has 0 aliphatic heterocycles. The highest BCUT2D eigenvalue weighted by molar-refractivity contribution is 6.00. The predicted molar refractivity (Wildman–Crippen MR) is 124 cm³/mol. The predicted octanol–water partition coefficient (Wildman–Crippen LogP) is 1.02. The second-order valence-electron chi connectivity index (χ2n) is 8.61. The zero-order chi connectivity index (χ0) is 25.4. The van der Waals surface area contributed by atoms with Crippen molar-refractivity contribution in [2.45, 2.75) is 44.8 Å². The van der Waals surface area contributed by atoms with Crippen molar-refractivity contribution >= 4 is 34.5 Å². The van der Waals surface area contributed by atoms with Gasteiger partial charge in [-0.3, -0.25) is 19.4 Å². The molecule has 4 N–H and O–H groups in total. The van der Waals surface area contributed by atoms with Crippen molar-refractivity contribution in [1.82, 2.24) is 35.5 Å². The van der Waals surface area contributed by atoms with Crippen LogP contribution in [-0.4, -0.2) is 49.4 Å². The van der Waals surface area contributed by atoms with Crippen molar-refractivity contribution in [2.75, 3.05) is 0 Å². The van der Waals surface area contributed by atoms with E-state index < -0.39 is 29.4 Å². The SMILES string of the molecule is C[C@H](NC(=O)c1cc(C(=O)NCc2ccc3oc(=O)[nH]c3c2)nc2c(F)cnn12)C(=O)NC1CCC1. The number of carbonyl (C=O) groups is 3. The van der Waals surface area contributed by atoms with Gasteiger partial charge < -0.3 is 20.4 Å². The van der Waals surface area contributed by atoms with Crippen LogP contribution in [0.3, 0.4) is 0 Å². The van der Waals surface area contributed by atoms with E-state index in [-0.39, 0.29) is 35.5 Å². The number of carbonyl (C=O) groups excluding carboxylic acids is 3. The van der Waals surface area contributed by atoms with Crippen LogP contribution in [0.15, 0.2) is 39.7 Å². The van der Waals surface area contributed by atoms with Crippen LogP contribution in [0.4, 0.5) is 4.39 Å². The third-order valence-electron chi connectivity index (χ3n) is 6.02. The Morgan fingerprint density at radius 1 is 1.25 bits per heavy atom. The number of amides is 3. The zero-order valence-electron chi connectivity index (χ0n) is 19.1. The largest absolute Gasteiger partial charge is 0.417 e. The van der Waals surface area contributed by atoms with Crippen molar-refractivity contribution in [3.63, 3.8) is 0 Å². The minimum Gasteiger partial charge on any atom is -0.408 e. The molecule has 0 spiro atoms. The van der Waals surface area contributed by atoms with Crippen LogP contribution >= 0.6 is 0 Å². The molecule has 1 fully saturated rings. The number of rotatable bonds is 7. The Morgan fingerprint density at radius 2 is 2.06 bits per heavy atom. The quantitative estimate of drug-likeness (QED) is 0.297. The van der Waals surface area contributed by atoms with Crippen LogP contribution < -0.4 is 21.7 Å². The molecule has 1 saturated carbocycles. The van der Waals surface area contributed by atoms with Crippen molar-refractivity contribution in [1.29, 1.82) is 0 Å². The van der Waals surface area contributed by atoms with Gasteiger partial charge in [-0.05, 0) is 43.9 Å².